The van der Waals surface area contributed by atoms with E-state index in [9.17, 15) is 18.0 Å². The van der Waals surface area contributed by atoms with Crippen LogP contribution in [0.25, 0.3) is 33.3 Å². The summed E-state index contributed by atoms with van der Waals surface area (Å²) in [6.45, 7) is 0. The van der Waals surface area contributed by atoms with E-state index in [4.69, 9.17) is 16.9 Å². The first kappa shape index (κ1) is 19.7. The smallest absolute Gasteiger partial charge is 0.193 e. The molecular formula is C22H9ClF4N2O. The van der Waals surface area contributed by atoms with Crippen LogP contribution in [0.15, 0.2) is 53.3 Å². The first-order valence-corrected chi connectivity index (χ1v) is 8.88. The fourth-order valence-electron chi connectivity index (χ4n) is 3.23. The highest BCUT2D eigenvalue weighted by atomic mass is 35.5. The summed E-state index contributed by atoms with van der Waals surface area (Å²) in [7, 11) is 0. The van der Waals surface area contributed by atoms with Crippen LogP contribution in [-0.4, -0.2) is 4.98 Å². The topological polar surface area (TPSA) is 56.6 Å². The van der Waals surface area contributed by atoms with Crippen LogP contribution in [0.4, 0.5) is 17.6 Å². The normalized spacial score (nSPS) is 10.9. The number of nitrogens with zero attached hydrogens (tertiary/aromatic N) is 1. The molecular weight excluding hydrogens is 420 g/mol. The molecule has 4 aromatic rings. The minimum absolute atomic E-state index is 0.147. The van der Waals surface area contributed by atoms with E-state index < -0.39 is 45.2 Å². The molecule has 0 fully saturated rings. The summed E-state index contributed by atoms with van der Waals surface area (Å²) in [5.74, 6) is -4.49. The van der Waals surface area contributed by atoms with E-state index in [1.807, 2.05) is 6.07 Å². The van der Waals surface area contributed by atoms with Crippen molar-refractivity contribution in [3.8, 4) is 28.5 Å². The van der Waals surface area contributed by atoms with Gasteiger partial charge in [0, 0.05) is 28.3 Å². The Morgan fingerprint density at radius 1 is 0.900 bits per heavy atom. The Morgan fingerprint density at radius 3 is 2.37 bits per heavy atom. The van der Waals surface area contributed by atoms with E-state index >= 15 is 4.39 Å². The molecule has 3 nitrogen and oxygen atoms in total. The van der Waals surface area contributed by atoms with Crippen molar-refractivity contribution in [3.63, 3.8) is 0 Å². The van der Waals surface area contributed by atoms with Crippen LogP contribution in [0.2, 0.25) is 5.02 Å². The van der Waals surface area contributed by atoms with Gasteiger partial charge in [0.15, 0.2) is 5.43 Å². The maximum atomic E-state index is 15.1. The van der Waals surface area contributed by atoms with Crippen LogP contribution in [0.3, 0.4) is 0 Å². The van der Waals surface area contributed by atoms with Crippen molar-refractivity contribution in [2.24, 2.45) is 0 Å². The highest BCUT2D eigenvalue weighted by Gasteiger charge is 2.21. The zero-order valence-corrected chi connectivity index (χ0v) is 15.6. The number of nitrogens with one attached hydrogen (secondary N) is 1. The average Bonchev–Trinajstić information content (AvgIpc) is 2.69. The summed E-state index contributed by atoms with van der Waals surface area (Å²) < 4.78 is 57.1. The Bertz CT molecular complexity index is 1440. The largest absolute Gasteiger partial charge is 0.354 e. The van der Waals surface area contributed by atoms with E-state index in [-0.39, 0.29) is 21.8 Å². The Morgan fingerprint density at radius 2 is 1.67 bits per heavy atom. The summed E-state index contributed by atoms with van der Waals surface area (Å²) >= 11 is 6.14. The summed E-state index contributed by atoms with van der Waals surface area (Å²) in [6, 6.07) is 10.5. The van der Waals surface area contributed by atoms with Gasteiger partial charge in [0.1, 0.15) is 23.3 Å². The van der Waals surface area contributed by atoms with Crippen molar-refractivity contribution < 1.29 is 17.6 Å². The van der Waals surface area contributed by atoms with Gasteiger partial charge in [-0.3, -0.25) is 4.79 Å². The SMILES string of the molecule is N#Cc1ccc(Cl)c(-c2cc(=O)c3c(F)c(-c4ccc(F)cc4F)c(F)cc3[nH]2)c1. The third-order valence-electron chi connectivity index (χ3n) is 4.60. The molecule has 0 unspecified atom stereocenters. The highest BCUT2D eigenvalue weighted by Crippen LogP contribution is 2.34. The van der Waals surface area contributed by atoms with Gasteiger partial charge in [0.25, 0.3) is 0 Å². The maximum absolute atomic E-state index is 15.1. The van der Waals surface area contributed by atoms with Gasteiger partial charge in [0.2, 0.25) is 0 Å². The summed E-state index contributed by atoms with van der Waals surface area (Å²) in [4.78, 5) is 15.4. The van der Waals surface area contributed by atoms with Gasteiger partial charge in [-0.1, -0.05) is 11.6 Å². The van der Waals surface area contributed by atoms with Crippen LogP contribution in [-0.2, 0) is 0 Å². The molecule has 1 N–H and O–H groups in total. The summed E-state index contributed by atoms with van der Waals surface area (Å²) in [6.07, 6.45) is 0. The molecule has 0 radical (unpaired) electrons. The lowest BCUT2D eigenvalue weighted by Gasteiger charge is -2.12. The van der Waals surface area contributed by atoms with Crippen LogP contribution in [0.1, 0.15) is 5.56 Å². The molecule has 0 amide bonds. The standard InChI is InChI=1S/C22H9ClF4N2O/c23-14-4-1-10(9-28)5-13(14)17-8-19(30)21-18(29-17)7-16(26)20(22(21)27)12-3-2-11(24)6-15(12)25/h1-8H,(H,29,30). The molecule has 1 aromatic heterocycles. The fraction of sp³-hybridized carbons (Fsp3) is 0. The van der Waals surface area contributed by atoms with Gasteiger partial charge >= 0.3 is 0 Å². The first-order valence-electron chi connectivity index (χ1n) is 8.50. The monoisotopic (exact) mass is 428 g/mol. The van der Waals surface area contributed by atoms with Gasteiger partial charge < -0.3 is 4.98 Å². The number of fused-ring (bicyclic) bond motifs is 1. The predicted octanol–water partition coefficient (Wildman–Crippen LogP) is 5.94. The molecule has 1 heterocycles. The van der Waals surface area contributed by atoms with Crippen molar-refractivity contribution in [3.05, 3.63) is 92.6 Å². The summed E-state index contributed by atoms with van der Waals surface area (Å²) in [5.41, 5.74) is -1.56. The van der Waals surface area contributed by atoms with E-state index in [1.165, 1.54) is 18.2 Å². The minimum atomic E-state index is -1.28. The minimum Gasteiger partial charge on any atom is -0.354 e. The Kier molecular flexibility index (Phi) is 4.80. The second-order valence-corrected chi connectivity index (χ2v) is 6.85. The number of hydrogen-bond donors (Lipinski definition) is 1. The number of rotatable bonds is 2. The van der Waals surface area contributed by atoms with Crippen molar-refractivity contribution in [1.82, 2.24) is 4.98 Å². The number of aromatic nitrogens is 1. The molecule has 0 spiro atoms. The molecule has 0 saturated carbocycles. The molecule has 3 aromatic carbocycles. The van der Waals surface area contributed by atoms with Crippen molar-refractivity contribution >= 4 is 22.5 Å². The molecule has 0 aliphatic heterocycles. The van der Waals surface area contributed by atoms with E-state index in [1.54, 1.807) is 0 Å². The second kappa shape index (κ2) is 7.32. The molecule has 4 rings (SSSR count). The number of hydrogen-bond acceptors (Lipinski definition) is 2. The highest BCUT2D eigenvalue weighted by molar-refractivity contribution is 6.33. The number of nitriles is 1. The number of pyridine rings is 1. The second-order valence-electron chi connectivity index (χ2n) is 6.45. The van der Waals surface area contributed by atoms with Crippen LogP contribution in [0, 0.1) is 34.6 Å². The summed E-state index contributed by atoms with van der Waals surface area (Å²) in [5, 5.41) is 8.78. The number of benzene rings is 3. The lowest BCUT2D eigenvalue weighted by Crippen LogP contribution is -2.08. The molecule has 8 heteroatoms. The molecule has 0 atom stereocenters. The maximum Gasteiger partial charge on any atom is 0.193 e. The fourth-order valence-corrected chi connectivity index (χ4v) is 3.45. The van der Waals surface area contributed by atoms with Gasteiger partial charge in [-0.05, 0) is 36.4 Å². The predicted molar refractivity (Wildman–Crippen MR) is 105 cm³/mol. The molecule has 0 aliphatic rings. The Balaban J connectivity index is 2.00. The Hall–Kier alpha value is -3.63. The van der Waals surface area contributed by atoms with Crippen molar-refractivity contribution in [1.29, 1.82) is 5.26 Å². The van der Waals surface area contributed by atoms with Gasteiger partial charge in [-0.2, -0.15) is 5.26 Å². The molecule has 0 bridgehead atoms. The zero-order valence-electron chi connectivity index (χ0n) is 14.9. The molecule has 30 heavy (non-hydrogen) atoms. The van der Waals surface area contributed by atoms with Gasteiger partial charge in [0.05, 0.1) is 33.8 Å². The Labute approximate surface area is 171 Å². The van der Waals surface area contributed by atoms with Crippen LogP contribution >= 0.6 is 11.6 Å². The van der Waals surface area contributed by atoms with E-state index in [2.05, 4.69) is 4.98 Å². The van der Waals surface area contributed by atoms with Crippen LogP contribution in [0.5, 0.6) is 0 Å². The van der Waals surface area contributed by atoms with E-state index in [0.29, 0.717) is 11.6 Å². The first-order chi connectivity index (χ1) is 14.3. The lowest BCUT2D eigenvalue weighted by atomic mass is 9.99. The quantitative estimate of drug-likeness (QED) is 0.401. The average molecular weight is 429 g/mol. The van der Waals surface area contributed by atoms with Crippen molar-refractivity contribution in [2.75, 3.05) is 0 Å². The lowest BCUT2D eigenvalue weighted by molar-refractivity contribution is 0.574. The number of aromatic amines is 1. The van der Waals surface area contributed by atoms with Gasteiger partial charge in [-0.25, -0.2) is 17.6 Å². The molecule has 0 aliphatic carbocycles. The number of halogens is 5. The van der Waals surface area contributed by atoms with Gasteiger partial charge in [-0.15, -0.1) is 0 Å². The third kappa shape index (κ3) is 3.21. The molecule has 0 saturated heterocycles. The molecule has 148 valence electrons. The van der Waals surface area contributed by atoms with E-state index in [0.717, 1.165) is 24.3 Å². The number of H-pyrrole nitrogens is 1. The third-order valence-corrected chi connectivity index (χ3v) is 4.93. The van der Waals surface area contributed by atoms with Crippen LogP contribution < -0.4 is 5.43 Å². The van der Waals surface area contributed by atoms with Crippen molar-refractivity contribution in [2.45, 2.75) is 0 Å². The zero-order chi connectivity index (χ0) is 21.6.